The average Bonchev–Trinajstić information content (AvgIpc) is 3.31. The Morgan fingerprint density at radius 3 is 2.42 bits per heavy atom. The summed E-state index contributed by atoms with van der Waals surface area (Å²) in [5.74, 6) is 0.159. The molecular weight excluding hydrogens is 408 g/mol. The molecule has 1 aromatic heterocycles. The minimum absolute atomic E-state index is 0.0138. The van der Waals surface area contributed by atoms with Crippen LogP contribution in [0.1, 0.15) is 34.5 Å². The van der Waals surface area contributed by atoms with E-state index >= 15 is 0 Å². The van der Waals surface area contributed by atoms with Gasteiger partial charge in [-0.15, -0.1) is 0 Å². The van der Waals surface area contributed by atoms with Gasteiger partial charge in [-0.05, 0) is 74.7 Å². The molecule has 5 nitrogen and oxygen atoms in total. The lowest BCUT2D eigenvalue weighted by molar-refractivity contribution is -0.121. The second-order valence-corrected chi connectivity index (χ2v) is 9.04. The van der Waals surface area contributed by atoms with Crippen LogP contribution in [0.4, 0.5) is 5.69 Å². The second kappa shape index (κ2) is 9.43. The summed E-state index contributed by atoms with van der Waals surface area (Å²) in [7, 11) is 0. The topological polar surface area (TPSA) is 62.6 Å². The van der Waals surface area contributed by atoms with E-state index in [9.17, 15) is 9.59 Å². The van der Waals surface area contributed by atoms with Crippen molar-refractivity contribution in [3.05, 3.63) is 77.7 Å². The first kappa shape index (κ1) is 21.2. The third-order valence-electron chi connectivity index (χ3n) is 5.57. The molecule has 1 aliphatic rings. The van der Waals surface area contributed by atoms with Crippen molar-refractivity contribution in [3.8, 4) is 0 Å². The normalized spacial score (nSPS) is 14.5. The number of likely N-dealkylation sites (tertiary alicyclic amines) is 1. The number of amides is 2. The molecule has 1 fully saturated rings. The molecule has 160 valence electrons. The van der Waals surface area contributed by atoms with Crippen LogP contribution >= 0.6 is 11.8 Å². The summed E-state index contributed by atoms with van der Waals surface area (Å²) in [5.41, 5.74) is 3.32. The summed E-state index contributed by atoms with van der Waals surface area (Å²) >= 11 is 1.72. The fraction of sp³-hybridized carbons (Fsp3) is 0.280. The van der Waals surface area contributed by atoms with Crippen LogP contribution < -0.4 is 5.32 Å². The van der Waals surface area contributed by atoms with Crippen LogP contribution in [0.25, 0.3) is 0 Å². The molecule has 4 rings (SSSR count). The first-order chi connectivity index (χ1) is 15.0. The summed E-state index contributed by atoms with van der Waals surface area (Å²) in [6.07, 6.45) is 2.80. The van der Waals surface area contributed by atoms with Gasteiger partial charge in [-0.3, -0.25) is 9.59 Å². The molecule has 1 N–H and O–H groups in total. The van der Waals surface area contributed by atoms with E-state index in [1.165, 1.54) is 22.3 Å². The van der Waals surface area contributed by atoms with E-state index in [0.29, 0.717) is 31.7 Å². The number of furan rings is 1. The van der Waals surface area contributed by atoms with Crippen molar-refractivity contribution >= 4 is 29.3 Å². The molecule has 2 aromatic carbocycles. The Labute approximate surface area is 186 Å². The molecule has 0 spiro atoms. The molecule has 0 unspecified atom stereocenters. The quantitative estimate of drug-likeness (QED) is 0.573. The van der Waals surface area contributed by atoms with Gasteiger partial charge in [-0.2, -0.15) is 0 Å². The van der Waals surface area contributed by atoms with Crippen molar-refractivity contribution in [1.82, 2.24) is 4.90 Å². The zero-order valence-electron chi connectivity index (χ0n) is 17.8. The minimum atomic E-state index is -0.110. The summed E-state index contributed by atoms with van der Waals surface area (Å²) in [6, 6.07) is 17.8. The monoisotopic (exact) mass is 434 g/mol. The molecule has 1 aliphatic heterocycles. The standard InChI is InChI=1S/C25H26N2O3S/c1-17-5-10-23(18(2)16-17)31-21-8-6-20(7-9-21)26-24(28)19-11-13-27(14-12-19)25(29)22-4-3-15-30-22/h3-10,15-16,19H,11-14H2,1-2H3,(H,26,28). The Kier molecular flexibility index (Phi) is 6.47. The molecule has 0 saturated carbocycles. The zero-order valence-corrected chi connectivity index (χ0v) is 18.6. The number of nitrogens with one attached hydrogen (secondary N) is 1. The number of carbonyl (C=O) groups excluding carboxylic acids is 2. The van der Waals surface area contributed by atoms with Crippen LogP contribution in [0.15, 0.2) is 75.1 Å². The van der Waals surface area contributed by atoms with E-state index in [2.05, 4.69) is 37.4 Å². The predicted octanol–water partition coefficient (Wildman–Crippen LogP) is 5.54. The number of benzene rings is 2. The third kappa shape index (κ3) is 5.20. The van der Waals surface area contributed by atoms with Crippen molar-refractivity contribution in [2.45, 2.75) is 36.5 Å². The van der Waals surface area contributed by atoms with E-state index in [-0.39, 0.29) is 17.7 Å². The van der Waals surface area contributed by atoms with Crippen molar-refractivity contribution in [3.63, 3.8) is 0 Å². The Morgan fingerprint density at radius 2 is 1.77 bits per heavy atom. The van der Waals surface area contributed by atoms with Gasteiger partial charge in [0.15, 0.2) is 5.76 Å². The number of anilines is 1. The van der Waals surface area contributed by atoms with Crippen LogP contribution in [0, 0.1) is 19.8 Å². The van der Waals surface area contributed by atoms with Crippen molar-refractivity contribution in [1.29, 1.82) is 0 Å². The van der Waals surface area contributed by atoms with Crippen molar-refractivity contribution in [2.75, 3.05) is 18.4 Å². The highest BCUT2D eigenvalue weighted by Gasteiger charge is 2.28. The second-order valence-electron chi connectivity index (χ2n) is 7.93. The Morgan fingerprint density at radius 1 is 1.03 bits per heavy atom. The molecule has 0 bridgehead atoms. The van der Waals surface area contributed by atoms with E-state index in [1.54, 1.807) is 28.8 Å². The van der Waals surface area contributed by atoms with Gasteiger partial charge >= 0.3 is 0 Å². The van der Waals surface area contributed by atoms with Crippen LogP contribution in [0.3, 0.4) is 0 Å². The molecular formula is C25H26N2O3S. The maximum atomic E-state index is 12.7. The Balaban J connectivity index is 1.29. The van der Waals surface area contributed by atoms with Gasteiger partial charge in [-0.1, -0.05) is 29.5 Å². The largest absolute Gasteiger partial charge is 0.459 e. The fourth-order valence-electron chi connectivity index (χ4n) is 3.79. The molecule has 1 saturated heterocycles. The molecule has 2 amide bonds. The lowest BCUT2D eigenvalue weighted by atomic mass is 9.95. The molecule has 0 aliphatic carbocycles. The van der Waals surface area contributed by atoms with Crippen LogP contribution in [-0.4, -0.2) is 29.8 Å². The summed E-state index contributed by atoms with van der Waals surface area (Å²) in [6.45, 7) is 5.34. The SMILES string of the molecule is Cc1ccc(Sc2ccc(NC(=O)C3CCN(C(=O)c4ccco4)CC3)cc2)c(C)c1. The van der Waals surface area contributed by atoms with E-state index in [4.69, 9.17) is 4.42 Å². The minimum Gasteiger partial charge on any atom is -0.459 e. The number of hydrogen-bond donors (Lipinski definition) is 1. The van der Waals surface area contributed by atoms with E-state index in [0.717, 1.165) is 10.6 Å². The van der Waals surface area contributed by atoms with Gasteiger partial charge in [0, 0.05) is 34.5 Å². The molecule has 6 heteroatoms. The lowest BCUT2D eigenvalue weighted by Crippen LogP contribution is -2.41. The van der Waals surface area contributed by atoms with Gasteiger partial charge in [-0.25, -0.2) is 0 Å². The first-order valence-electron chi connectivity index (χ1n) is 10.5. The molecule has 0 atom stereocenters. The molecule has 0 radical (unpaired) electrons. The molecule has 3 aromatic rings. The summed E-state index contributed by atoms with van der Waals surface area (Å²) in [4.78, 5) is 29.2. The number of rotatable bonds is 5. The van der Waals surface area contributed by atoms with Gasteiger partial charge in [0.1, 0.15) is 0 Å². The van der Waals surface area contributed by atoms with E-state index < -0.39 is 0 Å². The number of hydrogen-bond acceptors (Lipinski definition) is 4. The summed E-state index contributed by atoms with van der Waals surface area (Å²) in [5, 5.41) is 3.02. The fourth-order valence-corrected chi connectivity index (χ4v) is 4.67. The maximum Gasteiger partial charge on any atom is 0.289 e. The van der Waals surface area contributed by atoms with Crippen molar-refractivity contribution in [2.24, 2.45) is 5.92 Å². The van der Waals surface area contributed by atoms with Crippen LogP contribution in [0.5, 0.6) is 0 Å². The Bertz CT molecular complexity index is 1050. The summed E-state index contributed by atoms with van der Waals surface area (Å²) < 4.78 is 5.19. The highest BCUT2D eigenvalue weighted by Crippen LogP contribution is 2.31. The van der Waals surface area contributed by atoms with Gasteiger partial charge in [0.25, 0.3) is 5.91 Å². The highest BCUT2D eigenvalue weighted by atomic mass is 32.2. The zero-order chi connectivity index (χ0) is 21.8. The number of nitrogens with zero attached hydrogens (tertiary/aromatic N) is 1. The maximum absolute atomic E-state index is 12.7. The number of piperidine rings is 1. The van der Waals surface area contributed by atoms with Crippen LogP contribution in [-0.2, 0) is 4.79 Å². The predicted molar refractivity (Wildman–Crippen MR) is 122 cm³/mol. The average molecular weight is 435 g/mol. The lowest BCUT2D eigenvalue weighted by Gasteiger charge is -2.30. The number of carbonyl (C=O) groups is 2. The van der Waals surface area contributed by atoms with Gasteiger partial charge < -0.3 is 14.6 Å². The van der Waals surface area contributed by atoms with Crippen LogP contribution in [0.2, 0.25) is 0 Å². The van der Waals surface area contributed by atoms with Gasteiger partial charge in [0.2, 0.25) is 5.91 Å². The van der Waals surface area contributed by atoms with E-state index in [1.807, 2.05) is 24.3 Å². The number of aryl methyl sites for hydroxylation is 2. The molecule has 31 heavy (non-hydrogen) atoms. The molecule has 2 heterocycles. The first-order valence-corrected chi connectivity index (χ1v) is 11.3. The smallest absolute Gasteiger partial charge is 0.289 e. The highest BCUT2D eigenvalue weighted by molar-refractivity contribution is 7.99. The third-order valence-corrected chi connectivity index (χ3v) is 6.75. The Hall–Kier alpha value is -2.99. The van der Waals surface area contributed by atoms with Gasteiger partial charge in [0.05, 0.1) is 6.26 Å². The van der Waals surface area contributed by atoms with Crippen molar-refractivity contribution < 1.29 is 14.0 Å².